The zero-order valence-electron chi connectivity index (χ0n) is 16.8. The maximum Gasteiger partial charge on any atom is 0.253 e. The molecule has 3 N–H and O–H groups in total. The van der Waals surface area contributed by atoms with E-state index in [-0.39, 0.29) is 24.4 Å². The summed E-state index contributed by atoms with van der Waals surface area (Å²) in [5.41, 5.74) is 1.78. The molecule has 2 aromatic rings. The molecule has 0 radical (unpaired) electrons. The van der Waals surface area contributed by atoms with E-state index >= 15 is 0 Å². The van der Waals surface area contributed by atoms with Gasteiger partial charge >= 0.3 is 0 Å². The molecular formula is C22H27N3O4. The highest BCUT2D eigenvalue weighted by Gasteiger charge is 2.24. The van der Waals surface area contributed by atoms with Crippen LogP contribution in [0.4, 0.5) is 11.4 Å². The second-order valence-corrected chi connectivity index (χ2v) is 6.72. The second kappa shape index (κ2) is 9.82. The van der Waals surface area contributed by atoms with Gasteiger partial charge in [-0.3, -0.25) is 9.59 Å². The molecule has 2 amide bonds. The Morgan fingerprint density at radius 3 is 2.45 bits per heavy atom. The van der Waals surface area contributed by atoms with Gasteiger partial charge in [0.15, 0.2) is 11.5 Å². The first-order chi connectivity index (χ1) is 14.1. The summed E-state index contributed by atoms with van der Waals surface area (Å²) < 4.78 is 11.1. The maximum atomic E-state index is 12.4. The molecule has 0 spiro atoms. The topological polar surface area (TPSA) is 88.7 Å². The number of anilines is 2. The van der Waals surface area contributed by atoms with Crippen molar-refractivity contribution in [2.75, 3.05) is 30.4 Å². The molecule has 1 saturated carbocycles. The van der Waals surface area contributed by atoms with Crippen molar-refractivity contribution in [3.63, 3.8) is 0 Å². The fourth-order valence-corrected chi connectivity index (χ4v) is 2.84. The Labute approximate surface area is 170 Å². The van der Waals surface area contributed by atoms with E-state index in [0.717, 1.165) is 12.8 Å². The van der Waals surface area contributed by atoms with Gasteiger partial charge in [0.2, 0.25) is 5.91 Å². The molecule has 3 rings (SSSR count). The summed E-state index contributed by atoms with van der Waals surface area (Å²) in [5, 5.41) is 8.85. The second-order valence-electron chi connectivity index (χ2n) is 6.72. The van der Waals surface area contributed by atoms with Gasteiger partial charge in [0.1, 0.15) is 0 Å². The summed E-state index contributed by atoms with van der Waals surface area (Å²) in [5.74, 6) is 0.876. The lowest BCUT2D eigenvalue weighted by atomic mass is 10.1. The van der Waals surface area contributed by atoms with Crippen LogP contribution in [0.2, 0.25) is 0 Å². The number of hydrogen-bond donors (Lipinski definition) is 3. The summed E-state index contributed by atoms with van der Waals surface area (Å²) in [6.07, 6.45) is 2.05. The standard InChI is InChI=1S/C22H27N3O4/c1-3-28-19-12-11-16(13-20(19)29-4-2)24-21(26)14-23-18-8-6-5-7-17(18)22(27)25-15-9-10-15/h5-8,11-13,15,23H,3-4,9-10,14H2,1-2H3,(H,24,26)(H,25,27). The molecule has 154 valence electrons. The van der Waals surface area contributed by atoms with Crippen molar-refractivity contribution < 1.29 is 19.1 Å². The van der Waals surface area contributed by atoms with E-state index in [4.69, 9.17) is 9.47 Å². The van der Waals surface area contributed by atoms with E-state index in [9.17, 15) is 9.59 Å². The lowest BCUT2D eigenvalue weighted by molar-refractivity contribution is -0.114. The van der Waals surface area contributed by atoms with Crippen LogP contribution in [-0.4, -0.2) is 37.6 Å². The molecule has 0 bridgehead atoms. The number of hydrogen-bond acceptors (Lipinski definition) is 5. The number of nitrogens with one attached hydrogen (secondary N) is 3. The Bertz CT molecular complexity index is 865. The molecule has 7 nitrogen and oxygen atoms in total. The Morgan fingerprint density at radius 1 is 1.00 bits per heavy atom. The largest absolute Gasteiger partial charge is 0.490 e. The first-order valence-corrected chi connectivity index (χ1v) is 9.94. The van der Waals surface area contributed by atoms with Crippen molar-refractivity contribution in [3.8, 4) is 11.5 Å². The highest BCUT2D eigenvalue weighted by Crippen LogP contribution is 2.30. The van der Waals surface area contributed by atoms with Crippen LogP contribution in [0.3, 0.4) is 0 Å². The van der Waals surface area contributed by atoms with Crippen molar-refractivity contribution in [1.29, 1.82) is 0 Å². The van der Waals surface area contributed by atoms with Crippen LogP contribution in [-0.2, 0) is 4.79 Å². The molecule has 0 heterocycles. The van der Waals surface area contributed by atoms with Crippen LogP contribution in [0.15, 0.2) is 42.5 Å². The number of rotatable bonds is 10. The van der Waals surface area contributed by atoms with Gasteiger partial charge in [-0.15, -0.1) is 0 Å². The predicted molar refractivity (Wildman–Crippen MR) is 113 cm³/mol. The number of carbonyl (C=O) groups is 2. The molecule has 29 heavy (non-hydrogen) atoms. The van der Waals surface area contributed by atoms with E-state index in [2.05, 4.69) is 16.0 Å². The molecule has 0 unspecified atom stereocenters. The Balaban J connectivity index is 1.60. The lowest BCUT2D eigenvalue weighted by Crippen LogP contribution is -2.27. The number of benzene rings is 2. The smallest absolute Gasteiger partial charge is 0.253 e. The van der Waals surface area contributed by atoms with Crippen LogP contribution in [0.1, 0.15) is 37.0 Å². The zero-order chi connectivity index (χ0) is 20.6. The molecule has 7 heteroatoms. The summed E-state index contributed by atoms with van der Waals surface area (Å²) in [6.45, 7) is 4.86. The lowest BCUT2D eigenvalue weighted by Gasteiger charge is -2.14. The van der Waals surface area contributed by atoms with Crippen LogP contribution < -0.4 is 25.4 Å². The van der Waals surface area contributed by atoms with Gasteiger partial charge in [0.25, 0.3) is 5.91 Å². The van der Waals surface area contributed by atoms with E-state index in [1.807, 2.05) is 26.0 Å². The van der Waals surface area contributed by atoms with Gasteiger partial charge < -0.3 is 25.4 Å². The van der Waals surface area contributed by atoms with Crippen molar-refractivity contribution >= 4 is 23.2 Å². The van der Waals surface area contributed by atoms with Crippen LogP contribution in [0.25, 0.3) is 0 Å². The molecule has 0 atom stereocenters. The Hall–Kier alpha value is -3.22. The molecule has 1 fully saturated rings. The van der Waals surface area contributed by atoms with Gasteiger partial charge in [-0.25, -0.2) is 0 Å². The summed E-state index contributed by atoms with van der Waals surface area (Å²) in [6, 6.07) is 12.7. The third kappa shape index (κ3) is 5.88. The molecular weight excluding hydrogens is 370 g/mol. The highest BCUT2D eigenvalue weighted by molar-refractivity contribution is 6.01. The predicted octanol–water partition coefficient (Wildman–Crippen LogP) is 3.43. The molecule has 1 aliphatic carbocycles. The summed E-state index contributed by atoms with van der Waals surface area (Å²) in [4.78, 5) is 24.7. The molecule has 0 aromatic heterocycles. The average Bonchev–Trinajstić information content (AvgIpc) is 3.53. The minimum atomic E-state index is -0.228. The molecule has 2 aromatic carbocycles. The number of carbonyl (C=O) groups excluding carboxylic acids is 2. The Morgan fingerprint density at radius 2 is 1.72 bits per heavy atom. The maximum absolute atomic E-state index is 12.4. The zero-order valence-corrected chi connectivity index (χ0v) is 16.8. The van der Waals surface area contributed by atoms with Gasteiger partial charge in [-0.05, 0) is 51.0 Å². The van der Waals surface area contributed by atoms with Crippen molar-refractivity contribution in [3.05, 3.63) is 48.0 Å². The first kappa shape index (κ1) is 20.5. The van der Waals surface area contributed by atoms with Gasteiger partial charge in [0, 0.05) is 23.5 Å². The van der Waals surface area contributed by atoms with Crippen LogP contribution in [0, 0.1) is 0 Å². The van der Waals surface area contributed by atoms with E-state index in [1.54, 1.807) is 30.3 Å². The molecule has 0 saturated heterocycles. The quantitative estimate of drug-likeness (QED) is 0.572. The fraction of sp³-hybridized carbons (Fsp3) is 0.364. The van der Waals surface area contributed by atoms with Crippen molar-refractivity contribution in [2.24, 2.45) is 0 Å². The fourth-order valence-electron chi connectivity index (χ4n) is 2.84. The van der Waals surface area contributed by atoms with Crippen LogP contribution in [0.5, 0.6) is 11.5 Å². The number of ether oxygens (including phenoxy) is 2. The third-order valence-electron chi connectivity index (χ3n) is 4.35. The summed E-state index contributed by atoms with van der Waals surface area (Å²) in [7, 11) is 0. The van der Waals surface area contributed by atoms with Gasteiger partial charge in [0.05, 0.1) is 25.3 Å². The Kier molecular flexibility index (Phi) is 6.94. The SMILES string of the molecule is CCOc1ccc(NC(=O)CNc2ccccc2C(=O)NC2CC2)cc1OCC. The van der Waals surface area contributed by atoms with E-state index < -0.39 is 0 Å². The number of para-hydroxylation sites is 1. The van der Waals surface area contributed by atoms with E-state index in [1.165, 1.54) is 0 Å². The van der Waals surface area contributed by atoms with Gasteiger partial charge in [-0.1, -0.05) is 12.1 Å². The highest BCUT2D eigenvalue weighted by atomic mass is 16.5. The minimum Gasteiger partial charge on any atom is -0.490 e. The van der Waals surface area contributed by atoms with E-state index in [0.29, 0.717) is 41.7 Å². The van der Waals surface area contributed by atoms with Gasteiger partial charge in [-0.2, -0.15) is 0 Å². The first-order valence-electron chi connectivity index (χ1n) is 9.94. The molecule has 1 aliphatic rings. The third-order valence-corrected chi connectivity index (χ3v) is 4.35. The summed E-state index contributed by atoms with van der Waals surface area (Å²) >= 11 is 0. The van der Waals surface area contributed by atoms with Crippen molar-refractivity contribution in [1.82, 2.24) is 5.32 Å². The molecule has 0 aliphatic heterocycles. The monoisotopic (exact) mass is 397 g/mol. The minimum absolute atomic E-state index is 0.0326. The van der Waals surface area contributed by atoms with Crippen molar-refractivity contribution in [2.45, 2.75) is 32.7 Å². The normalized spacial score (nSPS) is 12.8. The average molecular weight is 397 g/mol. The van der Waals surface area contributed by atoms with Crippen LogP contribution >= 0.6 is 0 Å². The number of amides is 2.